The molecule has 0 aromatic carbocycles. The van der Waals surface area contributed by atoms with E-state index in [1.165, 1.54) is 0 Å². The van der Waals surface area contributed by atoms with Crippen LogP contribution in [0.1, 0.15) is 32.0 Å². The van der Waals surface area contributed by atoms with Crippen LogP contribution in [0.25, 0.3) is 0 Å². The van der Waals surface area contributed by atoms with E-state index < -0.39 is 6.04 Å². The number of hydrogen-bond acceptors (Lipinski definition) is 3. The van der Waals surface area contributed by atoms with Crippen LogP contribution in [0.2, 0.25) is 0 Å². The highest BCUT2D eigenvalue weighted by Gasteiger charge is 2.14. The first-order chi connectivity index (χ1) is 7.54. The van der Waals surface area contributed by atoms with Gasteiger partial charge in [0.1, 0.15) is 0 Å². The number of carbonyl (C=O) groups excluding carboxylic acids is 1. The summed E-state index contributed by atoms with van der Waals surface area (Å²) in [6.45, 7) is 4.06. The highest BCUT2D eigenvalue weighted by atomic mass is 16.1. The molecule has 1 aromatic rings. The molecule has 1 unspecified atom stereocenters. The van der Waals surface area contributed by atoms with Gasteiger partial charge in [-0.2, -0.15) is 5.10 Å². The van der Waals surface area contributed by atoms with Crippen molar-refractivity contribution >= 4 is 5.78 Å². The van der Waals surface area contributed by atoms with Crippen LogP contribution < -0.4 is 5.73 Å². The fourth-order valence-electron chi connectivity index (χ4n) is 1.31. The van der Waals surface area contributed by atoms with E-state index in [0.717, 1.165) is 5.69 Å². The lowest BCUT2D eigenvalue weighted by atomic mass is 10.1. The van der Waals surface area contributed by atoms with Crippen LogP contribution in [-0.4, -0.2) is 21.6 Å². The van der Waals surface area contributed by atoms with Crippen molar-refractivity contribution in [2.45, 2.75) is 38.8 Å². The van der Waals surface area contributed by atoms with Crippen LogP contribution in [0, 0.1) is 12.3 Å². The maximum Gasteiger partial charge on any atom is 0.156 e. The number of rotatable bonds is 5. The van der Waals surface area contributed by atoms with Crippen molar-refractivity contribution < 1.29 is 4.79 Å². The van der Waals surface area contributed by atoms with Crippen LogP contribution in [-0.2, 0) is 11.2 Å². The third kappa shape index (κ3) is 3.21. The molecule has 0 fully saturated rings. The molecule has 1 heterocycles. The molecule has 0 radical (unpaired) electrons. The van der Waals surface area contributed by atoms with E-state index in [0.29, 0.717) is 6.04 Å². The first-order valence-electron chi connectivity index (χ1n) is 5.30. The van der Waals surface area contributed by atoms with E-state index in [2.05, 4.69) is 11.0 Å². The second kappa shape index (κ2) is 5.47. The average molecular weight is 219 g/mol. The summed E-state index contributed by atoms with van der Waals surface area (Å²) in [4.78, 5) is 11.6. The number of aromatic nitrogens is 2. The molecule has 1 aromatic heterocycles. The van der Waals surface area contributed by atoms with E-state index in [9.17, 15) is 4.79 Å². The Labute approximate surface area is 95.8 Å². The molecule has 0 spiro atoms. The second-order valence-corrected chi connectivity index (χ2v) is 4.04. The van der Waals surface area contributed by atoms with Gasteiger partial charge in [0.05, 0.1) is 18.2 Å². The monoisotopic (exact) mass is 219 g/mol. The highest BCUT2D eigenvalue weighted by Crippen LogP contribution is 2.06. The summed E-state index contributed by atoms with van der Waals surface area (Å²) in [5.41, 5.74) is 6.36. The Balaban J connectivity index is 2.60. The number of hydrogen-bond donors (Lipinski definition) is 1. The lowest BCUT2D eigenvalue weighted by Gasteiger charge is -2.06. The van der Waals surface area contributed by atoms with Crippen LogP contribution >= 0.6 is 0 Å². The zero-order chi connectivity index (χ0) is 12.1. The van der Waals surface area contributed by atoms with Gasteiger partial charge in [0.25, 0.3) is 0 Å². The Morgan fingerprint density at radius 2 is 2.38 bits per heavy atom. The van der Waals surface area contributed by atoms with Crippen molar-refractivity contribution in [3.63, 3.8) is 0 Å². The normalized spacial score (nSPS) is 12.4. The summed E-state index contributed by atoms with van der Waals surface area (Å²) in [5.74, 6) is 2.32. The second-order valence-electron chi connectivity index (χ2n) is 4.04. The third-order valence-corrected chi connectivity index (χ3v) is 2.30. The Bertz CT molecular complexity index is 401. The zero-order valence-corrected chi connectivity index (χ0v) is 9.68. The smallest absolute Gasteiger partial charge is 0.156 e. The number of Topliss-reactive ketones (excluding diaryl/α,β-unsaturated/α-hetero) is 1. The lowest BCUT2D eigenvalue weighted by molar-refractivity contribution is -0.119. The minimum absolute atomic E-state index is 0.0630. The Morgan fingerprint density at radius 3 is 2.88 bits per heavy atom. The molecule has 1 rings (SSSR count). The van der Waals surface area contributed by atoms with Crippen LogP contribution in [0.3, 0.4) is 0 Å². The van der Waals surface area contributed by atoms with E-state index in [1.807, 2.05) is 30.8 Å². The number of terminal acetylenes is 1. The van der Waals surface area contributed by atoms with Gasteiger partial charge < -0.3 is 5.73 Å². The van der Waals surface area contributed by atoms with Crippen molar-refractivity contribution in [3.05, 3.63) is 18.0 Å². The maximum atomic E-state index is 11.6. The minimum atomic E-state index is -0.575. The largest absolute Gasteiger partial charge is 0.321 e. The van der Waals surface area contributed by atoms with Gasteiger partial charge in [-0.25, -0.2) is 0 Å². The fourth-order valence-corrected chi connectivity index (χ4v) is 1.31. The quantitative estimate of drug-likeness (QED) is 0.749. The van der Waals surface area contributed by atoms with Crippen LogP contribution in [0.15, 0.2) is 12.3 Å². The van der Waals surface area contributed by atoms with E-state index in [1.54, 1.807) is 0 Å². The fraction of sp³-hybridized carbons (Fsp3) is 0.500. The highest BCUT2D eigenvalue weighted by molar-refractivity contribution is 5.85. The van der Waals surface area contributed by atoms with Crippen LogP contribution in [0.4, 0.5) is 0 Å². The van der Waals surface area contributed by atoms with Gasteiger partial charge in [-0.05, 0) is 19.9 Å². The predicted octanol–water partition coefficient (Wildman–Crippen LogP) is 0.926. The third-order valence-electron chi connectivity index (χ3n) is 2.30. The standard InChI is InChI=1S/C12H17N3O/c1-4-5-11(13)12(16)8-10-6-7-15(14-10)9(2)3/h1,6-7,9,11H,5,8,13H2,2-3H3. The molecular formula is C12H17N3O. The number of nitrogens with zero attached hydrogens (tertiary/aromatic N) is 2. The predicted molar refractivity (Wildman–Crippen MR) is 62.7 cm³/mol. The first kappa shape index (κ1) is 12.5. The van der Waals surface area contributed by atoms with Crippen LogP contribution in [0.5, 0.6) is 0 Å². The SMILES string of the molecule is C#CCC(N)C(=O)Cc1ccn(C(C)C)n1. The number of carbonyl (C=O) groups is 1. The average Bonchev–Trinajstić information content (AvgIpc) is 2.66. The zero-order valence-electron chi connectivity index (χ0n) is 9.68. The summed E-state index contributed by atoms with van der Waals surface area (Å²) >= 11 is 0. The molecular weight excluding hydrogens is 202 g/mol. The van der Waals surface area contributed by atoms with Gasteiger partial charge in [0.15, 0.2) is 5.78 Å². The molecule has 1 atom stereocenters. The van der Waals surface area contributed by atoms with Crippen molar-refractivity contribution in [2.24, 2.45) is 5.73 Å². The number of nitrogens with two attached hydrogens (primary N) is 1. The van der Waals surface area contributed by atoms with E-state index >= 15 is 0 Å². The topological polar surface area (TPSA) is 60.9 Å². The number of ketones is 1. The summed E-state index contributed by atoms with van der Waals surface area (Å²) in [6.07, 6.45) is 7.50. The van der Waals surface area contributed by atoms with E-state index in [-0.39, 0.29) is 18.6 Å². The van der Waals surface area contributed by atoms with Gasteiger partial charge in [-0.1, -0.05) is 0 Å². The van der Waals surface area contributed by atoms with Crippen molar-refractivity contribution in [2.75, 3.05) is 0 Å². The molecule has 0 bridgehead atoms. The summed E-state index contributed by atoms with van der Waals surface area (Å²) in [5, 5.41) is 4.28. The first-order valence-corrected chi connectivity index (χ1v) is 5.30. The van der Waals surface area contributed by atoms with Gasteiger partial charge in [0.2, 0.25) is 0 Å². The molecule has 0 aliphatic heterocycles. The molecule has 2 N–H and O–H groups in total. The molecule has 4 nitrogen and oxygen atoms in total. The molecule has 0 amide bonds. The molecule has 16 heavy (non-hydrogen) atoms. The molecule has 4 heteroatoms. The van der Waals surface area contributed by atoms with Gasteiger partial charge in [0, 0.05) is 18.7 Å². The Hall–Kier alpha value is -1.60. The Kier molecular flexibility index (Phi) is 4.27. The van der Waals surface area contributed by atoms with Crippen molar-refractivity contribution in [3.8, 4) is 12.3 Å². The molecule has 86 valence electrons. The summed E-state index contributed by atoms with van der Waals surface area (Å²) in [7, 11) is 0. The maximum absolute atomic E-state index is 11.6. The molecule has 0 saturated carbocycles. The van der Waals surface area contributed by atoms with Gasteiger partial charge in [-0.15, -0.1) is 12.3 Å². The van der Waals surface area contributed by atoms with Gasteiger partial charge in [-0.3, -0.25) is 9.48 Å². The van der Waals surface area contributed by atoms with Gasteiger partial charge >= 0.3 is 0 Å². The van der Waals surface area contributed by atoms with Crippen molar-refractivity contribution in [1.82, 2.24) is 9.78 Å². The molecule has 0 aliphatic rings. The molecule has 0 saturated heterocycles. The van der Waals surface area contributed by atoms with Crippen molar-refractivity contribution in [1.29, 1.82) is 0 Å². The lowest BCUT2D eigenvalue weighted by Crippen LogP contribution is -2.31. The summed E-state index contributed by atoms with van der Waals surface area (Å²) in [6, 6.07) is 1.55. The Morgan fingerprint density at radius 1 is 1.69 bits per heavy atom. The molecule has 0 aliphatic carbocycles. The minimum Gasteiger partial charge on any atom is -0.321 e. The van der Waals surface area contributed by atoms with E-state index in [4.69, 9.17) is 12.2 Å². The summed E-state index contributed by atoms with van der Waals surface area (Å²) < 4.78 is 1.81.